The number of hydrogen-bond donors (Lipinski definition) is 4. The Hall–Kier alpha value is -1.59. The first-order valence-electron chi connectivity index (χ1n) is 4.54. The van der Waals surface area contributed by atoms with Crippen LogP contribution in [0.4, 0.5) is 0 Å². The summed E-state index contributed by atoms with van der Waals surface area (Å²) in [5.41, 5.74) is 11.2. The third kappa shape index (κ3) is 2.45. The second-order valence-electron chi connectivity index (χ2n) is 3.27. The van der Waals surface area contributed by atoms with Crippen molar-refractivity contribution in [2.75, 3.05) is 6.54 Å². The lowest BCUT2D eigenvalue weighted by atomic mass is 9.91. The highest BCUT2D eigenvalue weighted by molar-refractivity contribution is 5.78. The normalized spacial score (nSPS) is 14.5. The van der Waals surface area contributed by atoms with Gasteiger partial charge in [-0.15, -0.1) is 0 Å². The van der Waals surface area contributed by atoms with Gasteiger partial charge in [0, 0.05) is 18.2 Å². The molecule has 1 aromatic rings. The molecule has 0 radical (unpaired) electrons. The molecule has 5 heteroatoms. The molecule has 0 saturated carbocycles. The summed E-state index contributed by atoms with van der Waals surface area (Å²) in [6, 6.07) is 5.51. The van der Waals surface area contributed by atoms with Crippen LogP contribution in [-0.4, -0.2) is 28.8 Å². The number of carboxylic acids is 1. The summed E-state index contributed by atoms with van der Waals surface area (Å²) in [5, 5.41) is 18.5. The Labute approximate surface area is 87.3 Å². The van der Waals surface area contributed by atoms with Crippen LogP contribution in [0.15, 0.2) is 24.3 Å². The standard InChI is InChI=1S/C10H14N2O3/c11-5-7(12)9(10(14)15)6-3-1-2-4-8(6)13/h1-4,7,9,13H,5,11-12H2,(H,14,15). The number of aliphatic carboxylic acids is 1. The molecular formula is C10H14N2O3. The molecule has 0 aliphatic carbocycles. The van der Waals surface area contributed by atoms with Crippen LogP contribution in [-0.2, 0) is 4.79 Å². The van der Waals surface area contributed by atoms with E-state index < -0.39 is 17.9 Å². The predicted octanol–water partition coefficient (Wildman–Crippen LogP) is -0.154. The minimum absolute atomic E-state index is 0.0469. The number of aromatic hydroxyl groups is 1. The summed E-state index contributed by atoms with van der Waals surface area (Å²) in [6.07, 6.45) is 0. The molecular weight excluding hydrogens is 196 g/mol. The molecule has 0 aliphatic rings. The van der Waals surface area contributed by atoms with Gasteiger partial charge in [0.25, 0.3) is 0 Å². The molecule has 0 aromatic heterocycles. The molecule has 1 rings (SSSR count). The molecule has 0 bridgehead atoms. The molecule has 1 aromatic carbocycles. The van der Waals surface area contributed by atoms with E-state index in [0.29, 0.717) is 5.56 Å². The first kappa shape index (κ1) is 11.5. The molecule has 15 heavy (non-hydrogen) atoms. The molecule has 0 heterocycles. The molecule has 5 nitrogen and oxygen atoms in total. The number of hydrogen-bond acceptors (Lipinski definition) is 4. The van der Waals surface area contributed by atoms with Crippen molar-refractivity contribution in [2.24, 2.45) is 11.5 Å². The lowest BCUT2D eigenvalue weighted by Crippen LogP contribution is -2.39. The fourth-order valence-corrected chi connectivity index (χ4v) is 1.43. The van der Waals surface area contributed by atoms with Gasteiger partial charge in [-0.1, -0.05) is 18.2 Å². The maximum atomic E-state index is 11.0. The molecule has 2 unspecified atom stereocenters. The highest BCUT2D eigenvalue weighted by atomic mass is 16.4. The van der Waals surface area contributed by atoms with E-state index in [9.17, 15) is 9.90 Å². The van der Waals surface area contributed by atoms with Crippen LogP contribution < -0.4 is 11.5 Å². The average Bonchev–Trinajstić information content (AvgIpc) is 2.20. The highest BCUT2D eigenvalue weighted by Gasteiger charge is 2.28. The van der Waals surface area contributed by atoms with E-state index >= 15 is 0 Å². The number of benzene rings is 1. The van der Waals surface area contributed by atoms with Crippen molar-refractivity contribution in [3.8, 4) is 5.75 Å². The van der Waals surface area contributed by atoms with Gasteiger partial charge in [0.05, 0.1) is 0 Å². The molecule has 82 valence electrons. The third-order valence-corrected chi connectivity index (χ3v) is 2.24. The number of carboxylic acid groups (broad SMARTS) is 1. The zero-order chi connectivity index (χ0) is 11.4. The Kier molecular flexibility index (Phi) is 3.65. The average molecular weight is 210 g/mol. The maximum absolute atomic E-state index is 11.0. The van der Waals surface area contributed by atoms with E-state index in [1.807, 2.05) is 0 Å². The quantitative estimate of drug-likeness (QED) is 0.552. The number of phenolic OH excluding ortho intramolecular Hbond substituents is 1. The Bertz CT molecular complexity index is 354. The van der Waals surface area contributed by atoms with Gasteiger partial charge >= 0.3 is 5.97 Å². The molecule has 0 fully saturated rings. The fraction of sp³-hybridized carbons (Fsp3) is 0.300. The van der Waals surface area contributed by atoms with Crippen LogP contribution >= 0.6 is 0 Å². The molecule has 0 saturated heterocycles. The van der Waals surface area contributed by atoms with E-state index in [1.165, 1.54) is 12.1 Å². The first-order valence-corrected chi connectivity index (χ1v) is 4.54. The van der Waals surface area contributed by atoms with Gasteiger partial charge in [-0.3, -0.25) is 4.79 Å². The van der Waals surface area contributed by atoms with Crippen molar-refractivity contribution < 1.29 is 15.0 Å². The Morgan fingerprint density at radius 2 is 2.00 bits per heavy atom. The van der Waals surface area contributed by atoms with Crippen LogP contribution in [0.25, 0.3) is 0 Å². The van der Waals surface area contributed by atoms with Crippen molar-refractivity contribution in [2.45, 2.75) is 12.0 Å². The van der Waals surface area contributed by atoms with Crippen LogP contribution in [0.3, 0.4) is 0 Å². The highest BCUT2D eigenvalue weighted by Crippen LogP contribution is 2.27. The van der Waals surface area contributed by atoms with E-state index in [0.717, 1.165) is 0 Å². The smallest absolute Gasteiger partial charge is 0.312 e. The minimum Gasteiger partial charge on any atom is -0.508 e. The largest absolute Gasteiger partial charge is 0.508 e. The Morgan fingerprint density at radius 1 is 1.40 bits per heavy atom. The van der Waals surface area contributed by atoms with E-state index in [2.05, 4.69) is 0 Å². The summed E-state index contributed by atoms with van der Waals surface area (Å²) in [6.45, 7) is 0.0469. The lowest BCUT2D eigenvalue weighted by molar-refractivity contribution is -0.139. The topological polar surface area (TPSA) is 110 Å². The van der Waals surface area contributed by atoms with E-state index in [1.54, 1.807) is 12.1 Å². The monoisotopic (exact) mass is 210 g/mol. The molecule has 6 N–H and O–H groups in total. The van der Waals surface area contributed by atoms with Gasteiger partial charge in [0.1, 0.15) is 11.7 Å². The molecule has 0 amide bonds. The predicted molar refractivity (Wildman–Crippen MR) is 55.5 cm³/mol. The van der Waals surface area contributed by atoms with Crippen molar-refractivity contribution in [1.29, 1.82) is 0 Å². The van der Waals surface area contributed by atoms with Crippen molar-refractivity contribution in [3.05, 3.63) is 29.8 Å². The summed E-state index contributed by atoms with van der Waals surface area (Å²) < 4.78 is 0. The Balaban J connectivity index is 3.10. The van der Waals surface area contributed by atoms with Crippen molar-refractivity contribution >= 4 is 5.97 Å². The van der Waals surface area contributed by atoms with Gasteiger partial charge in [-0.2, -0.15) is 0 Å². The third-order valence-electron chi connectivity index (χ3n) is 2.24. The van der Waals surface area contributed by atoms with Crippen LogP contribution in [0.2, 0.25) is 0 Å². The number of nitrogens with two attached hydrogens (primary N) is 2. The number of rotatable bonds is 4. The van der Waals surface area contributed by atoms with Gasteiger partial charge in [0.2, 0.25) is 0 Å². The maximum Gasteiger partial charge on any atom is 0.312 e. The Morgan fingerprint density at radius 3 is 2.47 bits per heavy atom. The molecule has 2 atom stereocenters. The second kappa shape index (κ2) is 4.77. The number of carbonyl (C=O) groups is 1. The van der Waals surface area contributed by atoms with E-state index in [-0.39, 0.29) is 12.3 Å². The SMILES string of the molecule is NCC(N)C(C(=O)O)c1ccccc1O. The number of phenols is 1. The zero-order valence-corrected chi connectivity index (χ0v) is 8.13. The van der Waals surface area contributed by atoms with Gasteiger partial charge in [0.15, 0.2) is 0 Å². The van der Waals surface area contributed by atoms with Crippen molar-refractivity contribution in [1.82, 2.24) is 0 Å². The lowest BCUT2D eigenvalue weighted by Gasteiger charge is -2.19. The van der Waals surface area contributed by atoms with Gasteiger partial charge in [-0.05, 0) is 6.07 Å². The summed E-state index contributed by atoms with van der Waals surface area (Å²) in [4.78, 5) is 11.0. The first-order chi connectivity index (χ1) is 7.07. The van der Waals surface area contributed by atoms with Crippen molar-refractivity contribution in [3.63, 3.8) is 0 Å². The summed E-state index contributed by atoms with van der Waals surface area (Å²) in [7, 11) is 0. The molecule has 0 spiro atoms. The minimum atomic E-state index is -1.09. The second-order valence-corrected chi connectivity index (χ2v) is 3.27. The summed E-state index contributed by atoms with van der Waals surface area (Å²) in [5.74, 6) is -2.14. The van der Waals surface area contributed by atoms with Crippen LogP contribution in [0.5, 0.6) is 5.75 Å². The van der Waals surface area contributed by atoms with Crippen LogP contribution in [0, 0.1) is 0 Å². The fourth-order valence-electron chi connectivity index (χ4n) is 1.43. The number of para-hydroxylation sites is 1. The molecule has 0 aliphatic heterocycles. The van der Waals surface area contributed by atoms with Crippen LogP contribution in [0.1, 0.15) is 11.5 Å². The van der Waals surface area contributed by atoms with Gasteiger partial charge < -0.3 is 21.7 Å². The van der Waals surface area contributed by atoms with Gasteiger partial charge in [-0.25, -0.2) is 0 Å². The van der Waals surface area contributed by atoms with E-state index in [4.69, 9.17) is 16.6 Å². The zero-order valence-electron chi connectivity index (χ0n) is 8.13. The summed E-state index contributed by atoms with van der Waals surface area (Å²) >= 11 is 0.